The molecule has 16 heavy (non-hydrogen) atoms. The molecule has 2 fully saturated rings. The summed E-state index contributed by atoms with van der Waals surface area (Å²) in [6.45, 7) is 9.72. The van der Waals surface area contributed by atoms with E-state index in [9.17, 15) is 0 Å². The number of hydrogen-bond acceptors (Lipinski definition) is 2. The van der Waals surface area contributed by atoms with Crippen LogP contribution in [-0.4, -0.2) is 26.2 Å². The van der Waals surface area contributed by atoms with Crippen molar-refractivity contribution in [1.29, 1.82) is 0 Å². The van der Waals surface area contributed by atoms with E-state index < -0.39 is 0 Å². The van der Waals surface area contributed by atoms with Crippen molar-refractivity contribution in [2.75, 3.05) is 26.2 Å². The summed E-state index contributed by atoms with van der Waals surface area (Å²) in [7, 11) is 0. The van der Waals surface area contributed by atoms with Crippen LogP contribution in [0.25, 0.3) is 0 Å². The molecule has 2 nitrogen and oxygen atoms in total. The van der Waals surface area contributed by atoms with Crippen LogP contribution in [0.5, 0.6) is 0 Å². The maximum atomic E-state index is 3.70. The molecule has 1 saturated carbocycles. The molecule has 1 saturated heterocycles. The largest absolute Gasteiger partial charge is 0.317 e. The summed E-state index contributed by atoms with van der Waals surface area (Å²) in [5.41, 5.74) is 0.675. The SMILES string of the molecule is CC(C)C1(CNCCC2CCNCC2)CC1. The van der Waals surface area contributed by atoms with Crippen molar-refractivity contribution in [2.24, 2.45) is 17.3 Å². The van der Waals surface area contributed by atoms with Gasteiger partial charge in [0.25, 0.3) is 0 Å². The normalized spacial score (nSPS) is 24.9. The first-order valence-corrected chi connectivity index (χ1v) is 7.14. The van der Waals surface area contributed by atoms with Gasteiger partial charge in [-0.25, -0.2) is 0 Å². The fourth-order valence-corrected chi connectivity index (χ4v) is 2.93. The van der Waals surface area contributed by atoms with E-state index >= 15 is 0 Å². The molecule has 2 heteroatoms. The minimum Gasteiger partial charge on any atom is -0.317 e. The zero-order valence-electron chi connectivity index (χ0n) is 11.0. The monoisotopic (exact) mass is 224 g/mol. The van der Waals surface area contributed by atoms with Gasteiger partial charge in [-0.3, -0.25) is 0 Å². The molecular formula is C14H28N2. The lowest BCUT2D eigenvalue weighted by atomic mass is 9.92. The van der Waals surface area contributed by atoms with Gasteiger partial charge in [-0.15, -0.1) is 0 Å². The first-order valence-electron chi connectivity index (χ1n) is 7.14. The molecule has 0 unspecified atom stereocenters. The lowest BCUT2D eigenvalue weighted by molar-refractivity contribution is 0.314. The lowest BCUT2D eigenvalue weighted by Crippen LogP contribution is -2.32. The summed E-state index contributed by atoms with van der Waals surface area (Å²) in [6, 6.07) is 0. The van der Waals surface area contributed by atoms with E-state index in [0.29, 0.717) is 5.41 Å². The van der Waals surface area contributed by atoms with Gasteiger partial charge in [0.05, 0.1) is 0 Å². The fraction of sp³-hybridized carbons (Fsp3) is 1.00. The molecule has 0 bridgehead atoms. The highest BCUT2D eigenvalue weighted by molar-refractivity contribution is 4.97. The molecule has 0 spiro atoms. The third-order valence-corrected chi connectivity index (χ3v) is 4.78. The highest BCUT2D eigenvalue weighted by Gasteiger charge is 2.44. The van der Waals surface area contributed by atoms with Crippen molar-refractivity contribution >= 4 is 0 Å². The van der Waals surface area contributed by atoms with Crippen LogP contribution in [0.3, 0.4) is 0 Å². The summed E-state index contributed by atoms with van der Waals surface area (Å²) in [5, 5.41) is 7.13. The molecule has 0 amide bonds. The molecule has 2 N–H and O–H groups in total. The smallest absolute Gasteiger partial charge is 0.00103 e. The van der Waals surface area contributed by atoms with E-state index in [0.717, 1.165) is 11.8 Å². The second kappa shape index (κ2) is 5.50. The Bertz CT molecular complexity index is 203. The van der Waals surface area contributed by atoms with Crippen molar-refractivity contribution in [2.45, 2.75) is 46.0 Å². The fourth-order valence-electron chi connectivity index (χ4n) is 2.93. The van der Waals surface area contributed by atoms with E-state index in [-0.39, 0.29) is 0 Å². The molecule has 0 aromatic rings. The van der Waals surface area contributed by atoms with Gasteiger partial charge in [0.2, 0.25) is 0 Å². The molecule has 2 rings (SSSR count). The maximum Gasteiger partial charge on any atom is 0.00103 e. The predicted octanol–water partition coefficient (Wildman–Crippen LogP) is 2.40. The highest BCUT2D eigenvalue weighted by Crippen LogP contribution is 2.51. The minimum atomic E-state index is 0.675. The minimum absolute atomic E-state index is 0.675. The Hall–Kier alpha value is -0.0800. The zero-order valence-corrected chi connectivity index (χ0v) is 11.0. The van der Waals surface area contributed by atoms with Crippen LogP contribution in [0.4, 0.5) is 0 Å². The van der Waals surface area contributed by atoms with Crippen molar-refractivity contribution in [1.82, 2.24) is 10.6 Å². The van der Waals surface area contributed by atoms with E-state index in [4.69, 9.17) is 0 Å². The number of rotatable bonds is 6. The summed E-state index contributed by atoms with van der Waals surface area (Å²) in [4.78, 5) is 0. The molecular weight excluding hydrogens is 196 g/mol. The van der Waals surface area contributed by atoms with Gasteiger partial charge in [0.1, 0.15) is 0 Å². The summed E-state index contributed by atoms with van der Waals surface area (Å²) in [5.74, 6) is 1.84. The molecule has 1 aliphatic carbocycles. The molecule has 2 aliphatic rings. The van der Waals surface area contributed by atoms with Crippen LogP contribution < -0.4 is 10.6 Å². The molecule has 0 atom stereocenters. The summed E-state index contributed by atoms with van der Waals surface area (Å²) in [6.07, 6.45) is 7.06. The average Bonchev–Trinajstić information content (AvgIpc) is 3.07. The molecule has 1 aliphatic heterocycles. The highest BCUT2D eigenvalue weighted by atomic mass is 14.9. The second-order valence-corrected chi connectivity index (χ2v) is 6.18. The van der Waals surface area contributed by atoms with E-state index in [1.54, 1.807) is 0 Å². The van der Waals surface area contributed by atoms with Gasteiger partial charge in [-0.2, -0.15) is 0 Å². The molecule has 0 radical (unpaired) electrons. The van der Waals surface area contributed by atoms with E-state index in [1.807, 2.05) is 0 Å². The van der Waals surface area contributed by atoms with E-state index in [1.165, 1.54) is 58.3 Å². The Kier molecular flexibility index (Phi) is 4.26. The third-order valence-electron chi connectivity index (χ3n) is 4.78. The van der Waals surface area contributed by atoms with Crippen LogP contribution in [-0.2, 0) is 0 Å². The third kappa shape index (κ3) is 3.21. The topological polar surface area (TPSA) is 24.1 Å². The number of piperidine rings is 1. The van der Waals surface area contributed by atoms with Gasteiger partial charge in [-0.1, -0.05) is 13.8 Å². The standard InChI is InChI=1S/C14H28N2/c1-12(2)14(6-7-14)11-16-10-5-13-3-8-15-9-4-13/h12-13,15-16H,3-11H2,1-2H3. The second-order valence-electron chi connectivity index (χ2n) is 6.18. The van der Waals surface area contributed by atoms with Crippen molar-refractivity contribution < 1.29 is 0 Å². The van der Waals surface area contributed by atoms with Gasteiger partial charge in [0, 0.05) is 6.54 Å². The average molecular weight is 224 g/mol. The Morgan fingerprint density at radius 2 is 1.94 bits per heavy atom. The molecule has 0 aromatic carbocycles. The molecule has 0 aromatic heterocycles. The molecule has 1 heterocycles. The number of nitrogens with one attached hydrogen (secondary N) is 2. The van der Waals surface area contributed by atoms with Crippen molar-refractivity contribution in [3.8, 4) is 0 Å². The summed E-state index contributed by atoms with van der Waals surface area (Å²) < 4.78 is 0. The Balaban J connectivity index is 1.55. The Labute approximate surface area is 101 Å². The van der Waals surface area contributed by atoms with Crippen LogP contribution in [0.1, 0.15) is 46.0 Å². The quantitative estimate of drug-likeness (QED) is 0.677. The predicted molar refractivity (Wildman–Crippen MR) is 69.6 cm³/mol. The zero-order chi connectivity index (χ0) is 11.4. The van der Waals surface area contributed by atoms with E-state index in [2.05, 4.69) is 24.5 Å². The van der Waals surface area contributed by atoms with Crippen molar-refractivity contribution in [3.63, 3.8) is 0 Å². The first-order chi connectivity index (χ1) is 7.73. The van der Waals surface area contributed by atoms with Crippen LogP contribution in [0, 0.1) is 17.3 Å². The Morgan fingerprint density at radius 1 is 1.25 bits per heavy atom. The van der Waals surface area contributed by atoms with Crippen LogP contribution in [0.2, 0.25) is 0 Å². The Morgan fingerprint density at radius 3 is 2.50 bits per heavy atom. The lowest BCUT2D eigenvalue weighted by Gasteiger charge is -2.24. The van der Waals surface area contributed by atoms with Crippen LogP contribution in [0.15, 0.2) is 0 Å². The number of hydrogen-bond donors (Lipinski definition) is 2. The summed E-state index contributed by atoms with van der Waals surface area (Å²) >= 11 is 0. The van der Waals surface area contributed by atoms with Gasteiger partial charge in [-0.05, 0) is 69.0 Å². The molecule has 94 valence electrons. The van der Waals surface area contributed by atoms with Crippen LogP contribution >= 0.6 is 0 Å². The van der Waals surface area contributed by atoms with Gasteiger partial charge in [0.15, 0.2) is 0 Å². The van der Waals surface area contributed by atoms with Gasteiger partial charge >= 0.3 is 0 Å². The van der Waals surface area contributed by atoms with Gasteiger partial charge < -0.3 is 10.6 Å². The van der Waals surface area contributed by atoms with Crippen molar-refractivity contribution in [3.05, 3.63) is 0 Å². The first kappa shape index (κ1) is 12.4. The maximum absolute atomic E-state index is 3.70.